The van der Waals surface area contributed by atoms with Crippen LogP contribution >= 0.6 is 0 Å². The molecule has 0 aliphatic rings. The summed E-state index contributed by atoms with van der Waals surface area (Å²) >= 11 is 0. The molecule has 0 bridgehead atoms. The van der Waals surface area contributed by atoms with Crippen molar-refractivity contribution in [3.05, 3.63) is 30.3 Å². The van der Waals surface area contributed by atoms with Crippen LogP contribution in [0.15, 0.2) is 30.3 Å². The molecule has 3 nitrogen and oxygen atoms in total. The first kappa shape index (κ1) is 9.09. The second-order valence-corrected chi connectivity index (χ2v) is 3.34. The Balaban J connectivity index is 2.62. The minimum atomic E-state index is 0.587. The highest BCUT2D eigenvalue weighted by Gasteiger charge is 2.08. The Morgan fingerprint density at radius 2 is 2.07 bits per heavy atom. The summed E-state index contributed by atoms with van der Waals surface area (Å²) in [6.07, 6.45) is 0. The Morgan fingerprint density at radius 3 is 2.71 bits per heavy atom. The average molecular weight is 190 g/mol. The van der Waals surface area contributed by atoms with Crippen LogP contribution in [-0.4, -0.2) is 16.3 Å². The Morgan fingerprint density at radius 1 is 1.36 bits per heavy atom. The maximum absolute atomic E-state index is 9.62. The largest absolute Gasteiger partial charge is 0.329 e. The summed E-state index contributed by atoms with van der Waals surface area (Å²) in [7, 11) is 1.95. The van der Waals surface area contributed by atoms with Crippen LogP contribution in [0.2, 0.25) is 0 Å². The molecule has 0 fully saturated rings. The lowest BCUT2D eigenvalue weighted by molar-refractivity contribution is 0.254. The molecule has 0 amide bonds. The first-order valence-corrected chi connectivity index (χ1v) is 4.75. The summed E-state index contributed by atoms with van der Waals surface area (Å²) in [4.78, 5) is 0. The van der Waals surface area contributed by atoms with Gasteiger partial charge >= 0.3 is 0 Å². The van der Waals surface area contributed by atoms with E-state index in [9.17, 15) is 5.21 Å². The lowest BCUT2D eigenvalue weighted by Crippen LogP contribution is -2.19. The summed E-state index contributed by atoms with van der Waals surface area (Å²) < 4.78 is 1.98. The molecule has 0 atom stereocenters. The van der Waals surface area contributed by atoms with Gasteiger partial charge in [-0.1, -0.05) is 18.2 Å². The highest BCUT2D eigenvalue weighted by Crippen LogP contribution is 2.23. The number of benzene rings is 1. The number of hydroxylamine groups is 1. The minimum Gasteiger partial charge on any atom is -0.329 e. The van der Waals surface area contributed by atoms with Crippen molar-refractivity contribution in [1.82, 2.24) is 4.57 Å². The predicted octanol–water partition coefficient (Wildman–Crippen LogP) is 2.39. The van der Waals surface area contributed by atoms with Gasteiger partial charge in [-0.25, -0.2) is 5.06 Å². The number of para-hydroxylation sites is 1. The summed E-state index contributed by atoms with van der Waals surface area (Å²) in [5.41, 5.74) is 1.13. The van der Waals surface area contributed by atoms with Crippen molar-refractivity contribution in [1.29, 1.82) is 0 Å². The van der Waals surface area contributed by atoms with Gasteiger partial charge in [-0.05, 0) is 19.1 Å². The van der Waals surface area contributed by atoms with E-state index in [0.717, 1.165) is 16.7 Å². The second-order valence-electron chi connectivity index (χ2n) is 3.34. The maximum atomic E-state index is 9.62. The lowest BCUT2D eigenvalue weighted by Gasteiger charge is -2.14. The molecule has 1 aromatic carbocycles. The van der Waals surface area contributed by atoms with Gasteiger partial charge in [0.2, 0.25) is 0 Å². The van der Waals surface area contributed by atoms with Crippen LogP contribution in [0.25, 0.3) is 10.9 Å². The van der Waals surface area contributed by atoms with E-state index in [1.165, 1.54) is 5.06 Å². The summed E-state index contributed by atoms with van der Waals surface area (Å²) in [6, 6.07) is 10.1. The second kappa shape index (κ2) is 3.35. The first-order chi connectivity index (χ1) is 6.74. The van der Waals surface area contributed by atoms with Crippen molar-refractivity contribution >= 4 is 16.7 Å². The minimum absolute atomic E-state index is 0.587. The summed E-state index contributed by atoms with van der Waals surface area (Å²) in [5.74, 6) is 0.828. The van der Waals surface area contributed by atoms with Gasteiger partial charge in [-0.3, -0.25) is 5.21 Å². The zero-order valence-corrected chi connectivity index (χ0v) is 8.44. The van der Waals surface area contributed by atoms with Crippen LogP contribution in [0.5, 0.6) is 0 Å². The van der Waals surface area contributed by atoms with Gasteiger partial charge in [0.05, 0.1) is 0 Å². The first-order valence-electron chi connectivity index (χ1n) is 4.75. The molecule has 0 radical (unpaired) electrons. The molecule has 0 aliphatic carbocycles. The smallest absolute Gasteiger partial charge is 0.133 e. The quantitative estimate of drug-likeness (QED) is 0.736. The summed E-state index contributed by atoms with van der Waals surface area (Å²) in [6.45, 7) is 2.50. The number of aromatic nitrogens is 1. The van der Waals surface area contributed by atoms with Gasteiger partial charge in [0.25, 0.3) is 0 Å². The molecule has 0 saturated heterocycles. The monoisotopic (exact) mass is 190 g/mol. The molecule has 74 valence electrons. The van der Waals surface area contributed by atoms with Crippen molar-refractivity contribution in [2.75, 3.05) is 11.6 Å². The molecular formula is C11H14N2O. The fourth-order valence-corrected chi connectivity index (χ4v) is 1.68. The Kier molecular flexibility index (Phi) is 2.17. The highest BCUT2D eigenvalue weighted by molar-refractivity contribution is 5.84. The standard InChI is InChI=1S/C11H14N2O/c1-3-13(14)11-8-9-6-4-5-7-10(9)12(11)2/h4-8,14H,3H2,1-2H3. The normalized spacial score (nSPS) is 10.8. The van der Waals surface area contributed by atoms with Crippen molar-refractivity contribution in [2.45, 2.75) is 6.92 Å². The van der Waals surface area contributed by atoms with Crippen LogP contribution in [-0.2, 0) is 7.05 Å². The van der Waals surface area contributed by atoms with E-state index in [4.69, 9.17) is 0 Å². The van der Waals surface area contributed by atoms with Gasteiger partial charge in [0, 0.05) is 24.5 Å². The van der Waals surface area contributed by atoms with Gasteiger partial charge in [0.1, 0.15) is 5.82 Å². The molecular weight excluding hydrogens is 176 g/mol. The van der Waals surface area contributed by atoms with Crippen LogP contribution in [0.4, 0.5) is 5.82 Å². The predicted molar refractivity (Wildman–Crippen MR) is 57.7 cm³/mol. The molecule has 0 saturated carbocycles. The van der Waals surface area contributed by atoms with Crippen molar-refractivity contribution in [3.63, 3.8) is 0 Å². The maximum Gasteiger partial charge on any atom is 0.133 e. The van der Waals surface area contributed by atoms with E-state index in [2.05, 4.69) is 0 Å². The Labute approximate surface area is 83.1 Å². The molecule has 2 rings (SSSR count). The number of hydrogen-bond acceptors (Lipinski definition) is 2. The Bertz CT molecular complexity index is 447. The van der Waals surface area contributed by atoms with Crippen molar-refractivity contribution in [2.24, 2.45) is 7.05 Å². The van der Waals surface area contributed by atoms with E-state index in [1.54, 1.807) is 0 Å². The Hall–Kier alpha value is -1.48. The number of anilines is 1. The number of nitrogens with zero attached hydrogens (tertiary/aromatic N) is 2. The zero-order chi connectivity index (χ0) is 10.1. The number of hydrogen-bond donors (Lipinski definition) is 1. The van der Waals surface area contributed by atoms with E-state index in [1.807, 2.05) is 48.9 Å². The third-order valence-electron chi connectivity index (χ3n) is 2.49. The van der Waals surface area contributed by atoms with Gasteiger partial charge < -0.3 is 4.57 Å². The fourth-order valence-electron chi connectivity index (χ4n) is 1.68. The van der Waals surface area contributed by atoms with E-state index >= 15 is 0 Å². The fraction of sp³-hybridized carbons (Fsp3) is 0.273. The number of fused-ring (bicyclic) bond motifs is 1. The molecule has 3 heteroatoms. The van der Waals surface area contributed by atoms with Crippen molar-refractivity contribution < 1.29 is 5.21 Å². The van der Waals surface area contributed by atoms with Gasteiger partial charge in [-0.15, -0.1) is 0 Å². The summed E-state index contributed by atoms with van der Waals surface area (Å²) in [5, 5.41) is 12.0. The molecule has 1 N–H and O–H groups in total. The van der Waals surface area contributed by atoms with E-state index in [-0.39, 0.29) is 0 Å². The SMILES string of the molecule is CCN(O)c1cc2ccccc2n1C. The molecule has 1 heterocycles. The van der Waals surface area contributed by atoms with Crippen LogP contribution in [0.3, 0.4) is 0 Å². The third-order valence-corrected chi connectivity index (χ3v) is 2.49. The molecule has 14 heavy (non-hydrogen) atoms. The van der Waals surface area contributed by atoms with E-state index < -0.39 is 0 Å². The lowest BCUT2D eigenvalue weighted by atomic mass is 10.2. The molecule has 0 unspecified atom stereocenters. The molecule has 1 aromatic heterocycles. The highest BCUT2D eigenvalue weighted by atomic mass is 16.5. The van der Waals surface area contributed by atoms with Gasteiger partial charge in [-0.2, -0.15) is 0 Å². The molecule has 0 aliphatic heterocycles. The molecule has 0 spiro atoms. The van der Waals surface area contributed by atoms with Crippen LogP contribution in [0.1, 0.15) is 6.92 Å². The van der Waals surface area contributed by atoms with E-state index in [0.29, 0.717) is 6.54 Å². The van der Waals surface area contributed by atoms with Gasteiger partial charge in [0.15, 0.2) is 0 Å². The average Bonchev–Trinajstić information content (AvgIpc) is 2.56. The van der Waals surface area contributed by atoms with Crippen molar-refractivity contribution in [3.8, 4) is 0 Å². The number of rotatable bonds is 2. The van der Waals surface area contributed by atoms with Crippen LogP contribution < -0.4 is 5.06 Å². The number of aryl methyl sites for hydroxylation is 1. The van der Waals surface area contributed by atoms with Crippen LogP contribution in [0, 0.1) is 0 Å². The zero-order valence-electron chi connectivity index (χ0n) is 8.44. The third kappa shape index (κ3) is 1.26. The molecule has 2 aromatic rings. The topological polar surface area (TPSA) is 28.4 Å².